The average Bonchev–Trinajstić information content (AvgIpc) is 3.00. The molecule has 4 rings (SSSR count). The number of hydrogen-bond donors (Lipinski definition) is 1. The molecule has 2 aliphatic heterocycles. The molecule has 6 heteroatoms. The molecule has 2 aromatic carbocycles. The number of phenolic OH excluding ortho intramolecular Hbond substituents is 1. The highest BCUT2D eigenvalue weighted by molar-refractivity contribution is 8.15. The van der Waals surface area contributed by atoms with Crippen LogP contribution in [0.4, 0.5) is 5.69 Å². The zero-order valence-corrected chi connectivity index (χ0v) is 12.7. The van der Waals surface area contributed by atoms with Crippen LogP contribution in [-0.4, -0.2) is 16.2 Å². The fourth-order valence-electron chi connectivity index (χ4n) is 2.40. The van der Waals surface area contributed by atoms with Crippen LogP contribution in [0, 0.1) is 0 Å². The zero-order chi connectivity index (χ0) is 15.3. The van der Waals surface area contributed by atoms with E-state index in [4.69, 9.17) is 11.6 Å². The van der Waals surface area contributed by atoms with Gasteiger partial charge >= 0.3 is 0 Å². The third-order valence-electron chi connectivity index (χ3n) is 3.41. The average molecular weight is 329 g/mol. The summed E-state index contributed by atoms with van der Waals surface area (Å²) in [5.41, 5.74) is 1.70. The fraction of sp³-hybridized carbons (Fsp3) is 0. The van der Waals surface area contributed by atoms with Gasteiger partial charge in [-0.05, 0) is 47.7 Å². The number of thioether (sulfide) groups is 1. The number of halogens is 1. The molecule has 2 heterocycles. The van der Waals surface area contributed by atoms with Crippen molar-refractivity contribution in [2.45, 2.75) is 4.90 Å². The molecule has 1 N–H and O–H groups in total. The van der Waals surface area contributed by atoms with Crippen molar-refractivity contribution in [1.29, 1.82) is 0 Å². The Morgan fingerprint density at radius 1 is 1.18 bits per heavy atom. The van der Waals surface area contributed by atoms with E-state index in [-0.39, 0.29) is 11.7 Å². The Hall–Kier alpha value is -2.24. The number of hydrogen-bond acceptors (Lipinski definition) is 4. The Morgan fingerprint density at radius 3 is 2.73 bits per heavy atom. The number of carbonyl (C=O) groups excluding carboxylic acids is 1. The molecule has 108 valence electrons. The quantitative estimate of drug-likeness (QED) is 0.808. The first-order valence-electron chi connectivity index (χ1n) is 6.54. The number of anilines is 1. The molecule has 0 bridgehead atoms. The first kappa shape index (κ1) is 13.4. The molecule has 0 unspecified atom stereocenters. The summed E-state index contributed by atoms with van der Waals surface area (Å²) in [6, 6.07) is 12.3. The van der Waals surface area contributed by atoms with Crippen molar-refractivity contribution in [3.8, 4) is 5.75 Å². The van der Waals surface area contributed by atoms with Gasteiger partial charge in [0, 0.05) is 9.92 Å². The Morgan fingerprint density at radius 2 is 1.95 bits per heavy atom. The summed E-state index contributed by atoms with van der Waals surface area (Å²) in [6.07, 6.45) is 1.71. The molecule has 4 nitrogen and oxygen atoms in total. The number of fused-ring (bicyclic) bond motifs is 3. The second-order valence-electron chi connectivity index (χ2n) is 4.84. The van der Waals surface area contributed by atoms with E-state index >= 15 is 0 Å². The summed E-state index contributed by atoms with van der Waals surface area (Å²) in [5.74, 6) is -0.158. The van der Waals surface area contributed by atoms with Crippen molar-refractivity contribution in [2.75, 3.05) is 4.90 Å². The maximum atomic E-state index is 12.6. The molecule has 2 aliphatic rings. The highest BCUT2D eigenvalue weighted by Crippen LogP contribution is 2.48. The number of para-hydroxylation sites is 1. The van der Waals surface area contributed by atoms with E-state index in [1.54, 1.807) is 30.3 Å². The van der Waals surface area contributed by atoms with Gasteiger partial charge in [0.05, 0.1) is 0 Å². The topological polar surface area (TPSA) is 52.9 Å². The van der Waals surface area contributed by atoms with Crippen molar-refractivity contribution in [1.82, 2.24) is 0 Å². The van der Waals surface area contributed by atoms with E-state index in [0.29, 0.717) is 21.6 Å². The van der Waals surface area contributed by atoms with Crippen molar-refractivity contribution in [3.63, 3.8) is 0 Å². The number of nitrogens with zero attached hydrogens (tertiary/aromatic N) is 2. The maximum Gasteiger partial charge on any atom is 0.283 e. The predicted molar refractivity (Wildman–Crippen MR) is 88.3 cm³/mol. The van der Waals surface area contributed by atoms with Crippen LogP contribution in [0.15, 0.2) is 58.0 Å². The van der Waals surface area contributed by atoms with Crippen molar-refractivity contribution in [2.24, 2.45) is 4.99 Å². The minimum Gasteiger partial charge on any atom is -0.506 e. The Balaban J connectivity index is 1.74. The SMILES string of the molecule is O=C1/C(=C/c2ccc(Cl)cc2)N=C2Sc3cccc(O)c3N12. The number of amides is 1. The molecular formula is C16H9ClN2O2S. The predicted octanol–water partition coefficient (Wildman–Crippen LogP) is 3.90. The molecule has 1 amide bonds. The summed E-state index contributed by atoms with van der Waals surface area (Å²) in [7, 11) is 0. The van der Waals surface area contributed by atoms with Gasteiger partial charge in [-0.25, -0.2) is 9.89 Å². The smallest absolute Gasteiger partial charge is 0.283 e. The van der Waals surface area contributed by atoms with Crippen LogP contribution < -0.4 is 4.90 Å². The van der Waals surface area contributed by atoms with Gasteiger partial charge in [0.1, 0.15) is 17.1 Å². The zero-order valence-electron chi connectivity index (χ0n) is 11.2. The number of aromatic hydroxyl groups is 1. The Labute approximate surface area is 135 Å². The third-order valence-corrected chi connectivity index (χ3v) is 4.66. The maximum absolute atomic E-state index is 12.6. The second-order valence-corrected chi connectivity index (χ2v) is 6.29. The number of rotatable bonds is 1. The molecule has 0 saturated carbocycles. The van der Waals surface area contributed by atoms with Gasteiger partial charge in [-0.15, -0.1) is 0 Å². The minimum absolute atomic E-state index is 0.0799. The van der Waals surface area contributed by atoms with E-state index in [0.717, 1.165) is 10.5 Å². The minimum atomic E-state index is -0.238. The van der Waals surface area contributed by atoms with Gasteiger partial charge in [-0.1, -0.05) is 29.8 Å². The van der Waals surface area contributed by atoms with E-state index in [2.05, 4.69) is 4.99 Å². The van der Waals surface area contributed by atoms with Gasteiger partial charge in [0.25, 0.3) is 5.91 Å². The summed E-state index contributed by atoms with van der Waals surface area (Å²) in [4.78, 5) is 19.2. The van der Waals surface area contributed by atoms with Crippen LogP contribution in [0.25, 0.3) is 6.08 Å². The standard InChI is InChI=1S/C16H9ClN2O2S/c17-10-6-4-9(5-7-10)8-11-15(21)19-14-12(20)2-1-3-13(14)22-16(19)18-11/h1-8,20H/b11-8-. The first-order valence-corrected chi connectivity index (χ1v) is 7.73. The van der Waals surface area contributed by atoms with Crippen LogP contribution >= 0.6 is 23.4 Å². The van der Waals surface area contributed by atoms with Crippen LogP contribution in [0.5, 0.6) is 5.75 Å². The van der Waals surface area contributed by atoms with Gasteiger partial charge in [-0.3, -0.25) is 4.79 Å². The van der Waals surface area contributed by atoms with Gasteiger partial charge in [0.15, 0.2) is 5.17 Å². The molecule has 0 fully saturated rings. The van der Waals surface area contributed by atoms with Crippen LogP contribution in [-0.2, 0) is 4.79 Å². The second kappa shape index (κ2) is 4.90. The summed E-state index contributed by atoms with van der Waals surface area (Å²) in [6.45, 7) is 0. The lowest BCUT2D eigenvalue weighted by Crippen LogP contribution is -2.26. The molecule has 0 aliphatic carbocycles. The molecule has 2 aromatic rings. The van der Waals surface area contributed by atoms with Crippen molar-refractivity contribution in [3.05, 3.63) is 58.7 Å². The molecule has 0 atom stereocenters. The van der Waals surface area contributed by atoms with Crippen molar-refractivity contribution >= 4 is 46.2 Å². The molecule has 22 heavy (non-hydrogen) atoms. The molecule has 0 spiro atoms. The lowest BCUT2D eigenvalue weighted by molar-refractivity contribution is -0.113. The summed E-state index contributed by atoms with van der Waals surface area (Å²) in [5, 5.41) is 11.2. The normalized spacial score (nSPS) is 17.7. The monoisotopic (exact) mass is 328 g/mol. The van der Waals surface area contributed by atoms with Gasteiger partial charge in [-0.2, -0.15) is 0 Å². The highest BCUT2D eigenvalue weighted by Gasteiger charge is 2.40. The summed E-state index contributed by atoms with van der Waals surface area (Å²) < 4.78 is 0. The number of benzene rings is 2. The largest absolute Gasteiger partial charge is 0.506 e. The van der Waals surface area contributed by atoms with E-state index < -0.39 is 0 Å². The third kappa shape index (κ3) is 2.01. The molecule has 0 aromatic heterocycles. The molecular weight excluding hydrogens is 320 g/mol. The van der Waals surface area contributed by atoms with Crippen LogP contribution in [0.3, 0.4) is 0 Å². The van der Waals surface area contributed by atoms with E-state index in [1.807, 2.05) is 18.2 Å². The molecule has 0 radical (unpaired) electrons. The van der Waals surface area contributed by atoms with Crippen molar-refractivity contribution < 1.29 is 9.90 Å². The van der Waals surface area contributed by atoms with E-state index in [9.17, 15) is 9.90 Å². The lowest BCUT2D eigenvalue weighted by atomic mass is 10.2. The van der Waals surface area contributed by atoms with Crippen LogP contribution in [0.1, 0.15) is 5.56 Å². The number of aliphatic imine (C=N–C) groups is 1. The number of phenols is 1. The van der Waals surface area contributed by atoms with Gasteiger partial charge in [0.2, 0.25) is 0 Å². The lowest BCUT2D eigenvalue weighted by Gasteiger charge is -2.11. The Bertz CT molecular complexity index is 859. The summed E-state index contributed by atoms with van der Waals surface area (Å²) >= 11 is 7.23. The fourth-order valence-corrected chi connectivity index (χ4v) is 3.57. The highest BCUT2D eigenvalue weighted by atomic mass is 35.5. The van der Waals surface area contributed by atoms with E-state index in [1.165, 1.54) is 16.7 Å². The first-order chi connectivity index (χ1) is 10.6. The van der Waals surface area contributed by atoms with Gasteiger partial charge < -0.3 is 5.11 Å². The number of amidine groups is 1. The number of carbonyl (C=O) groups is 1. The van der Waals surface area contributed by atoms with Crippen LogP contribution in [0.2, 0.25) is 5.02 Å². The molecule has 0 saturated heterocycles. The Kier molecular flexibility index (Phi) is 2.99.